The molecular formula is C21H29N3O2. The average Bonchev–Trinajstić information content (AvgIpc) is 2.62. The van der Waals surface area contributed by atoms with Gasteiger partial charge in [0.25, 0.3) is 5.91 Å². The summed E-state index contributed by atoms with van der Waals surface area (Å²) in [5.41, 5.74) is 2.25. The van der Waals surface area contributed by atoms with Crippen LogP contribution >= 0.6 is 0 Å². The Morgan fingerprint density at radius 3 is 2.31 bits per heavy atom. The van der Waals surface area contributed by atoms with E-state index in [1.165, 1.54) is 0 Å². The first-order valence-electron chi connectivity index (χ1n) is 9.32. The molecule has 0 aliphatic carbocycles. The SMILES string of the molecule is CCCN(CCC)C(=O)c1cc(Nc2ccc(OC(C)C)cc2)ccn1. The standard InChI is InChI=1S/C21H29N3O2/c1-5-13-24(14-6-2)21(25)20-15-18(11-12-22-20)23-17-7-9-19(10-8-17)26-16(3)4/h7-12,15-16H,5-6,13-14H2,1-4H3,(H,22,23). The summed E-state index contributed by atoms with van der Waals surface area (Å²) < 4.78 is 5.65. The summed E-state index contributed by atoms with van der Waals surface area (Å²) >= 11 is 0. The quantitative estimate of drug-likeness (QED) is 0.697. The molecule has 26 heavy (non-hydrogen) atoms. The van der Waals surface area contributed by atoms with Crippen LogP contribution < -0.4 is 10.1 Å². The minimum atomic E-state index is -0.0157. The minimum Gasteiger partial charge on any atom is -0.491 e. The number of amides is 1. The van der Waals surface area contributed by atoms with Gasteiger partial charge in [0.05, 0.1) is 6.10 Å². The van der Waals surface area contributed by atoms with E-state index in [1.807, 2.05) is 49.1 Å². The van der Waals surface area contributed by atoms with E-state index >= 15 is 0 Å². The molecule has 0 bridgehead atoms. The number of nitrogens with zero attached hydrogens (tertiary/aromatic N) is 2. The molecule has 1 aromatic carbocycles. The normalized spacial score (nSPS) is 10.7. The lowest BCUT2D eigenvalue weighted by Gasteiger charge is -2.21. The molecule has 0 fully saturated rings. The Morgan fingerprint density at radius 2 is 1.73 bits per heavy atom. The van der Waals surface area contributed by atoms with Crippen molar-refractivity contribution in [3.8, 4) is 5.75 Å². The second-order valence-corrected chi connectivity index (χ2v) is 6.54. The van der Waals surface area contributed by atoms with Crippen LogP contribution in [0.15, 0.2) is 42.6 Å². The van der Waals surface area contributed by atoms with Crippen LogP contribution in [-0.2, 0) is 0 Å². The van der Waals surface area contributed by atoms with Crippen molar-refractivity contribution in [3.63, 3.8) is 0 Å². The van der Waals surface area contributed by atoms with Crippen LogP contribution in [0.1, 0.15) is 51.0 Å². The highest BCUT2D eigenvalue weighted by Gasteiger charge is 2.16. The highest BCUT2D eigenvalue weighted by Crippen LogP contribution is 2.21. The number of nitrogens with one attached hydrogen (secondary N) is 1. The third-order valence-electron chi connectivity index (χ3n) is 3.77. The third kappa shape index (κ3) is 5.76. The first kappa shape index (κ1) is 19.8. The number of carbonyl (C=O) groups excluding carboxylic acids is 1. The molecule has 5 heteroatoms. The number of hydrogen-bond donors (Lipinski definition) is 1. The van der Waals surface area contributed by atoms with Crippen LogP contribution in [0.25, 0.3) is 0 Å². The molecule has 0 atom stereocenters. The smallest absolute Gasteiger partial charge is 0.272 e. The van der Waals surface area contributed by atoms with Gasteiger partial charge >= 0.3 is 0 Å². The lowest BCUT2D eigenvalue weighted by molar-refractivity contribution is 0.0749. The molecule has 0 aliphatic heterocycles. The summed E-state index contributed by atoms with van der Waals surface area (Å²) in [4.78, 5) is 18.8. The number of benzene rings is 1. The molecule has 0 saturated heterocycles. The maximum Gasteiger partial charge on any atom is 0.272 e. The second-order valence-electron chi connectivity index (χ2n) is 6.54. The molecular weight excluding hydrogens is 326 g/mol. The Bertz CT molecular complexity index is 693. The number of anilines is 2. The second kappa shape index (κ2) is 9.80. The molecule has 1 aromatic heterocycles. The zero-order valence-electron chi connectivity index (χ0n) is 16.2. The van der Waals surface area contributed by atoms with E-state index in [4.69, 9.17) is 4.74 Å². The fourth-order valence-electron chi connectivity index (χ4n) is 2.70. The lowest BCUT2D eigenvalue weighted by Crippen LogP contribution is -2.33. The summed E-state index contributed by atoms with van der Waals surface area (Å²) in [6.07, 6.45) is 3.70. The van der Waals surface area contributed by atoms with E-state index in [2.05, 4.69) is 24.1 Å². The average molecular weight is 355 g/mol. The molecule has 0 spiro atoms. The lowest BCUT2D eigenvalue weighted by atomic mass is 10.2. The summed E-state index contributed by atoms with van der Waals surface area (Å²) in [5.74, 6) is 0.823. The van der Waals surface area contributed by atoms with Crippen molar-refractivity contribution in [1.29, 1.82) is 0 Å². The van der Waals surface area contributed by atoms with Gasteiger partial charge in [0.15, 0.2) is 0 Å². The molecule has 140 valence electrons. The highest BCUT2D eigenvalue weighted by atomic mass is 16.5. The molecule has 0 radical (unpaired) electrons. The Balaban J connectivity index is 2.09. The van der Waals surface area contributed by atoms with Crippen molar-refractivity contribution >= 4 is 17.3 Å². The number of carbonyl (C=O) groups is 1. The van der Waals surface area contributed by atoms with Gasteiger partial charge in [-0.05, 0) is 63.1 Å². The molecule has 1 N–H and O–H groups in total. The van der Waals surface area contributed by atoms with Gasteiger partial charge in [0.1, 0.15) is 11.4 Å². The number of aromatic nitrogens is 1. The number of ether oxygens (including phenoxy) is 1. The van der Waals surface area contributed by atoms with Crippen molar-refractivity contribution in [2.45, 2.75) is 46.6 Å². The Hall–Kier alpha value is -2.56. The van der Waals surface area contributed by atoms with E-state index in [9.17, 15) is 4.79 Å². The van der Waals surface area contributed by atoms with Crippen molar-refractivity contribution in [3.05, 3.63) is 48.3 Å². The molecule has 2 aromatic rings. The van der Waals surface area contributed by atoms with Crippen LogP contribution in [0, 0.1) is 0 Å². The maximum absolute atomic E-state index is 12.7. The van der Waals surface area contributed by atoms with Gasteiger partial charge in [-0.25, -0.2) is 0 Å². The van der Waals surface area contributed by atoms with E-state index in [0.29, 0.717) is 5.69 Å². The molecule has 2 rings (SSSR count). The highest BCUT2D eigenvalue weighted by molar-refractivity contribution is 5.93. The molecule has 0 aliphatic rings. The van der Waals surface area contributed by atoms with Gasteiger partial charge in [0, 0.05) is 30.7 Å². The van der Waals surface area contributed by atoms with Crippen molar-refractivity contribution in [2.75, 3.05) is 18.4 Å². The predicted octanol–water partition coefficient (Wildman–Crippen LogP) is 4.87. The molecule has 1 amide bonds. The van der Waals surface area contributed by atoms with Gasteiger partial charge in [-0.15, -0.1) is 0 Å². The summed E-state index contributed by atoms with van der Waals surface area (Å²) in [6, 6.07) is 11.4. The first-order valence-corrected chi connectivity index (χ1v) is 9.32. The third-order valence-corrected chi connectivity index (χ3v) is 3.77. The fourth-order valence-corrected chi connectivity index (χ4v) is 2.70. The molecule has 0 saturated carbocycles. The van der Waals surface area contributed by atoms with E-state index in [1.54, 1.807) is 12.3 Å². The molecule has 0 unspecified atom stereocenters. The Morgan fingerprint density at radius 1 is 1.08 bits per heavy atom. The zero-order valence-corrected chi connectivity index (χ0v) is 16.2. The van der Waals surface area contributed by atoms with Gasteiger partial charge < -0.3 is 15.0 Å². The first-order chi connectivity index (χ1) is 12.5. The number of pyridine rings is 1. The van der Waals surface area contributed by atoms with Crippen LogP contribution in [0.3, 0.4) is 0 Å². The zero-order chi connectivity index (χ0) is 18.9. The van der Waals surface area contributed by atoms with Crippen LogP contribution in [0.5, 0.6) is 5.75 Å². The van der Waals surface area contributed by atoms with Crippen LogP contribution in [0.4, 0.5) is 11.4 Å². The molecule has 5 nitrogen and oxygen atoms in total. The Kier molecular flexibility index (Phi) is 7.45. The van der Waals surface area contributed by atoms with Gasteiger partial charge in [-0.1, -0.05) is 13.8 Å². The number of hydrogen-bond acceptors (Lipinski definition) is 4. The largest absolute Gasteiger partial charge is 0.491 e. The predicted molar refractivity (Wildman–Crippen MR) is 106 cm³/mol. The van der Waals surface area contributed by atoms with E-state index in [0.717, 1.165) is 43.1 Å². The van der Waals surface area contributed by atoms with E-state index < -0.39 is 0 Å². The summed E-state index contributed by atoms with van der Waals surface area (Å²) in [5, 5.41) is 3.32. The topological polar surface area (TPSA) is 54.5 Å². The van der Waals surface area contributed by atoms with Crippen LogP contribution in [-0.4, -0.2) is 35.0 Å². The molecule has 1 heterocycles. The number of rotatable bonds is 9. The summed E-state index contributed by atoms with van der Waals surface area (Å²) in [6.45, 7) is 9.67. The maximum atomic E-state index is 12.7. The minimum absolute atomic E-state index is 0.0157. The van der Waals surface area contributed by atoms with Gasteiger partial charge in [-0.3, -0.25) is 9.78 Å². The van der Waals surface area contributed by atoms with Crippen molar-refractivity contribution in [2.24, 2.45) is 0 Å². The Labute approximate surface area is 156 Å². The fraction of sp³-hybridized carbons (Fsp3) is 0.429. The van der Waals surface area contributed by atoms with Crippen molar-refractivity contribution in [1.82, 2.24) is 9.88 Å². The van der Waals surface area contributed by atoms with Crippen LogP contribution in [0.2, 0.25) is 0 Å². The van der Waals surface area contributed by atoms with Gasteiger partial charge in [0.2, 0.25) is 0 Å². The monoisotopic (exact) mass is 355 g/mol. The van der Waals surface area contributed by atoms with E-state index in [-0.39, 0.29) is 12.0 Å². The van der Waals surface area contributed by atoms with Gasteiger partial charge in [-0.2, -0.15) is 0 Å². The summed E-state index contributed by atoms with van der Waals surface area (Å²) in [7, 11) is 0. The van der Waals surface area contributed by atoms with Crippen molar-refractivity contribution < 1.29 is 9.53 Å².